The Bertz CT molecular complexity index is 3050. The summed E-state index contributed by atoms with van der Waals surface area (Å²) < 4.78 is 37.0. The van der Waals surface area contributed by atoms with Crippen molar-refractivity contribution in [1.82, 2.24) is 0 Å². The molecular formula is C49H28BrCl6F2N3O7. The fourth-order valence-electron chi connectivity index (χ4n) is 4.78. The first-order chi connectivity index (χ1) is 32.5. The number of ether oxygens (including phenoxy) is 2. The zero-order valence-corrected chi connectivity index (χ0v) is 40.4. The molecule has 0 amide bonds. The first kappa shape index (κ1) is 55.8. The average molecular weight is 1100 g/mol. The molecule has 7 aromatic rings. The van der Waals surface area contributed by atoms with Gasteiger partial charge in [-0.15, -0.1) is 0 Å². The maximum Gasteiger partial charge on any atom is 0.188 e. The smallest absolute Gasteiger partial charge is 0.188 e. The summed E-state index contributed by atoms with van der Waals surface area (Å²) in [6.07, 6.45) is 1.51. The van der Waals surface area contributed by atoms with Crippen LogP contribution in [0.15, 0.2) is 132 Å². The Balaban J connectivity index is 0.000000233. The van der Waals surface area contributed by atoms with Crippen LogP contribution in [0.3, 0.4) is 0 Å². The number of benzene rings is 7. The van der Waals surface area contributed by atoms with Gasteiger partial charge in [-0.25, -0.2) is 23.3 Å². The minimum atomic E-state index is -0.590. The molecule has 19 heteroatoms. The first-order valence-electron chi connectivity index (χ1n) is 18.5. The number of phenols is 1. The third-order valence-corrected chi connectivity index (χ3v) is 10.2. The van der Waals surface area contributed by atoms with E-state index in [-0.39, 0.29) is 34.7 Å². The minimum absolute atomic E-state index is 0.0177. The molecule has 0 aliphatic carbocycles. The molecule has 0 aliphatic heterocycles. The van der Waals surface area contributed by atoms with Crippen LogP contribution in [0.5, 0.6) is 28.7 Å². The van der Waals surface area contributed by atoms with Gasteiger partial charge in [-0.3, -0.25) is 14.4 Å². The minimum Gasteiger partial charge on any atom is -0.506 e. The first-order valence-corrected chi connectivity index (χ1v) is 21.6. The van der Waals surface area contributed by atoms with Gasteiger partial charge in [0.15, 0.2) is 35.9 Å². The fourth-order valence-corrected chi connectivity index (χ4v) is 6.08. The molecule has 0 saturated carbocycles. The van der Waals surface area contributed by atoms with Crippen molar-refractivity contribution in [3.8, 4) is 28.7 Å². The van der Waals surface area contributed by atoms with E-state index in [1.165, 1.54) is 36.4 Å². The molecule has 0 aliphatic rings. The summed E-state index contributed by atoms with van der Waals surface area (Å²) in [6, 6.07) is 31.5. The Hall–Kier alpha value is -6.54. The maximum atomic E-state index is 12.6. The highest BCUT2D eigenvalue weighted by Gasteiger charge is 2.11. The summed E-state index contributed by atoms with van der Waals surface area (Å²) in [4.78, 5) is 40.9. The fraction of sp³-hybridized carbons (Fsp3) is 0.0204. The second-order valence-corrected chi connectivity index (χ2v) is 16.1. The van der Waals surface area contributed by atoms with E-state index in [1.54, 1.807) is 84.9 Å². The summed E-state index contributed by atoms with van der Waals surface area (Å²) in [7, 11) is 0. The number of carbonyl (C=O) groups excluding carboxylic acids is 3. The number of phenolic OH excluding ortho intramolecular Hbond substituents is 1. The second-order valence-electron chi connectivity index (χ2n) is 12.7. The molecule has 7 aromatic carbocycles. The largest absolute Gasteiger partial charge is 0.506 e. The van der Waals surface area contributed by atoms with E-state index in [4.69, 9.17) is 104 Å². The SMILES string of the molecule is O=Cc1cc(Br)ccc1F.Oc1cc(Cl)ccc1Cl.[C-]#[N+]c1ccc(F)c(C=O)c1.[C-]#[N+]c1ccc(Oc2cc(Cl)ccc2Cl)c(C=O)c1.[C-]#[N+]c1ccc(Oc2cc(Cl)ccc2Cl)c(CO)c1. The number of hydrogen-bond acceptors (Lipinski definition) is 7. The molecule has 68 heavy (non-hydrogen) atoms. The van der Waals surface area contributed by atoms with E-state index in [1.807, 2.05) is 0 Å². The third kappa shape index (κ3) is 17.9. The third-order valence-electron chi connectivity index (χ3n) is 8.05. The predicted octanol–water partition coefficient (Wildman–Crippen LogP) is 17.3. The van der Waals surface area contributed by atoms with Gasteiger partial charge in [-0.05, 0) is 91.0 Å². The van der Waals surface area contributed by atoms with Gasteiger partial charge in [-0.1, -0.05) is 104 Å². The Morgan fingerprint density at radius 3 is 1.37 bits per heavy atom. The monoisotopic (exact) mass is 1100 g/mol. The number of carbonyl (C=O) groups is 3. The topological polar surface area (TPSA) is 123 Å². The van der Waals surface area contributed by atoms with Crippen molar-refractivity contribution >= 4 is 121 Å². The van der Waals surface area contributed by atoms with E-state index in [0.717, 1.165) is 6.07 Å². The summed E-state index contributed by atoms with van der Waals surface area (Å²) in [5.41, 5.74) is 1.88. The van der Waals surface area contributed by atoms with Crippen LogP contribution in [-0.2, 0) is 6.61 Å². The predicted molar refractivity (Wildman–Crippen MR) is 265 cm³/mol. The van der Waals surface area contributed by atoms with Gasteiger partial charge in [0.2, 0.25) is 0 Å². The zero-order valence-electron chi connectivity index (χ0n) is 34.2. The quantitative estimate of drug-likeness (QED) is 0.115. The number of hydrogen-bond donors (Lipinski definition) is 2. The van der Waals surface area contributed by atoms with Crippen molar-refractivity contribution in [1.29, 1.82) is 0 Å². The van der Waals surface area contributed by atoms with E-state index >= 15 is 0 Å². The van der Waals surface area contributed by atoms with E-state index < -0.39 is 11.6 Å². The van der Waals surface area contributed by atoms with Crippen LogP contribution in [-0.4, -0.2) is 29.1 Å². The lowest BCUT2D eigenvalue weighted by Crippen LogP contribution is -1.92. The Kier molecular flexibility index (Phi) is 23.5. The molecule has 7 rings (SSSR count). The van der Waals surface area contributed by atoms with E-state index in [9.17, 15) is 28.3 Å². The molecule has 0 aromatic heterocycles. The van der Waals surface area contributed by atoms with Crippen molar-refractivity contribution in [3.63, 3.8) is 0 Å². The maximum absolute atomic E-state index is 12.6. The van der Waals surface area contributed by atoms with Gasteiger partial charge in [0.25, 0.3) is 0 Å². The number of aldehydes is 3. The van der Waals surface area contributed by atoms with Gasteiger partial charge < -0.3 is 19.7 Å². The molecule has 0 spiro atoms. The molecule has 0 fully saturated rings. The molecule has 0 saturated heterocycles. The average Bonchev–Trinajstić information content (AvgIpc) is 3.34. The number of aliphatic hydroxyl groups is 1. The number of halogens is 9. The summed E-state index contributed by atoms with van der Waals surface area (Å²) >= 11 is 37.8. The van der Waals surface area contributed by atoms with Crippen molar-refractivity contribution in [2.75, 3.05) is 0 Å². The molecule has 2 N–H and O–H groups in total. The van der Waals surface area contributed by atoms with Gasteiger partial charge in [0.05, 0.1) is 47.0 Å². The van der Waals surface area contributed by atoms with E-state index in [2.05, 4.69) is 30.5 Å². The Morgan fingerprint density at radius 1 is 0.500 bits per heavy atom. The molecule has 10 nitrogen and oxygen atoms in total. The van der Waals surface area contributed by atoms with Crippen LogP contribution < -0.4 is 9.47 Å². The molecule has 0 heterocycles. The zero-order chi connectivity index (χ0) is 50.3. The number of aromatic hydroxyl groups is 1. The molecule has 344 valence electrons. The van der Waals surface area contributed by atoms with Crippen LogP contribution in [0.2, 0.25) is 30.1 Å². The van der Waals surface area contributed by atoms with Gasteiger partial charge in [0, 0.05) is 54.4 Å². The van der Waals surface area contributed by atoms with Crippen LogP contribution in [0.25, 0.3) is 14.5 Å². The van der Waals surface area contributed by atoms with Gasteiger partial charge in [0.1, 0.15) is 40.4 Å². The summed E-state index contributed by atoms with van der Waals surface area (Å²) in [6.45, 7) is 20.2. The molecular weight excluding hydrogens is 1070 g/mol. The van der Waals surface area contributed by atoms with Crippen molar-refractivity contribution in [2.45, 2.75) is 6.61 Å². The van der Waals surface area contributed by atoms with Gasteiger partial charge >= 0.3 is 0 Å². The Labute approximate surface area is 426 Å². The second kappa shape index (κ2) is 28.6. The Morgan fingerprint density at radius 2 is 0.912 bits per heavy atom. The van der Waals surface area contributed by atoms with Crippen molar-refractivity contribution < 1.29 is 42.9 Å². The lowest BCUT2D eigenvalue weighted by molar-refractivity contribution is 0.111. The molecule has 0 radical (unpaired) electrons. The highest BCUT2D eigenvalue weighted by atomic mass is 79.9. The van der Waals surface area contributed by atoms with Crippen LogP contribution in [0.1, 0.15) is 36.6 Å². The highest BCUT2D eigenvalue weighted by molar-refractivity contribution is 9.10. The standard InChI is InChI=1S/C14H9Cl2NO2.C14H7Cl2NO2.C8H4FNO.C7H4BrFO.C6H4Cl2O/c2*1-17-11-3-5-13(9(6-11)8-18)19-14-7-10(15)2-4-12(14)16;1-10-7-2-3-8(9)6(4-7)5-11;8-6-1-2-7(9)5(3-6)4-10;7-4-1-2-5(8)6(9)3-4/h2-7,18H,8H2;2-8H;2-5H;1-4H;1-3,9H. The number of aliphatic hydroxyl groups excluding tert-OH is 1. The molecule has 0 atom stereocenters. The summed E-state index contributed by atoms with van der Waals surface area (Å²) in [5, 5.41) is 20.8. The van der Waals surface area contributed by atoms with Crippen LogP contribution in [0.4, 0.5) is 25.8 Å². The molecule has 0 bridgehead atoms. The van der Waals surface area contributed by atoms with Crippen LogP contribution in [0, 0.1) is 31.4 Å². The normalized spacial score (nSPS) is 9.57. The van der Waals surface area contributed by atoms with Crippen molar-refractivity contribution in [3.05, 3.63) is 230 Å². The highest BCUT2D eigenvalue weighted by Crippen LogP contribution is 2.36. The molecule has 0 unspecified atom stereocenters. The lowest BCUT2D eigenvalue weighted by Gasteiger charge is -2.11. The lowest BCUT2D eigenvalue weighted by atomic mass is 10.2. The summed E-state index contributed by atoms with van der Waals surface area (Å²) in [5.74, 6) is 0.465. The van der Waals surface area contributed by atoms with Crippen LogP contribution >= 0.6 is 85.5 Å². The van der Waals surface area contributed by atoms with E-state index in [0.29, 0.717) is 93.4 Å². The number of nitrogens with zero attached hydrogens (tertiary/aromatic N) is 3. The van der Waals surface area contributed by atoms with Crippen molar-refractivity contribution in [2.24, 2.45) is 0 Å². The van der Waals surface area contributed by atoms with Gasteiger partial charge in [-0.2, -0.15) is 0 Å². The number of rotatable bonds is 8.